The summed E-state index contributed by atoms with van der Waals surface area (Å²) in [4.78, 5) is 13.9. The zero-order valence-corrected chi connectivity index (χ0v) is 12.7. The van der Waals surface area contributed by atoms with E-state index in [1.165, 1.54) is 12.1 Å². The molecule has 1 aliphatic heterocycles. The quantitative estimate of drug-likeness (QED) is 0.842. The number of amides is 1. The number of nitrogens with zero attached hydrogens (tertiary/aromatic N) is 1. The van der Waals surface area contributed by atoms with Crippen molar-refractivity contribution in [1.29, 1.82) is 0 Å². The van der Waals surface area contributed by atoms with Crippen LogP contribution in [-0.2, 0) is 11.3 Å². The third-order valence-electron chi connectivity index (χ3n) is 3.41. The van der Waals surface area contributed by atoms with E-state index < -0.39 is 0 Å². The van der Waals surface area contributed by atoms with Crippen molar-refractivity contribution >= 4 is 29.3 Å². The average Bonchev–Trinajstić information content (AvgIpc) is 2.83. The first-order valence-electron chi connectivity index (χ1n) is 6.55. The van der Waals surface area contributed by atoms with Gasteiger partial charge in [0.05, 0.1) is 5.75 Å². The molecule has 21 heavy (non-hydrogen) atoms. The summed E-state index contributed by atoms with van der Waals surface area (Å²) < 4.78 is 13.0. The Morgan fingerprint density at radius 2 is 1.90 bits per heavy atom. The van der Waals surface area contributed by atoms with Crippen molar-refractivity contribution in [1.82, 2.24) is 4.90 Å². The van der Waals surface area contributed by atoms with Crippen LogP contribution in [0.25, 0.3) is 0 Å². The number of halogens is 2. The first kappa shape index (κ1) is 14.4. The second-order valence-corrected chi connectivity index (χ2v) is 6.31. The van der Waals surface area contributed by atoms with Crippen LogP contribution in [0.4, 0.5) is 4.39 Å². The highest BCUT2D eigenvalue weighted by atomic mass is 35.5. The molecular weight excluding hydrogens is 309 g/mol. The van der Waals surface area contributed by atoms with E-state index >= 15 is 0 Å². The minimum Gasteiger partial charge on any atom is -0.321 e. The molecular formula is C16H13ClFNOS. The predicted octanol–water partition coefficient (Wildman–Crippen LogP) is 4.25. The van der Waals surface area contributed by atoms with E-state index in [-0.39, 0.29) is 17.1 Å². The van der Waals surface area contributed by atoms with Crippen molar-refractivity contribution in [2.45, 2.75) is 11.9 Å². The van der Waals surface area contributed by atoms with Gasteiger partial charge >= 0.3 is 0 Å². The molecule has 108 valence electrons. The monoisotopic (exact) mass is 321 g/mol. The van der Waals surface area contributed by atoms with Gasteiger partial charge in [0.25, 0.3) is 0 Å². The van der Waals surface area contributed by atoms with Crippen LogP contribution in [0.3, 0.4) is 0 Å². The molecule has 5 heteroatoms. The third kappa shape index (κ3) is 3.06. The number of thioether (sulfide) groups is 1. The van der Waals surface area contributed by atoms with Crippen LogP contribution in [0.2, 0.25) is 5.02 Å². The predicted molar refractivity (Wildman–Crippen MR) is 83.6 cm³/mol. The van der Waals surface area contributed by atoms with E-state index in [0.717, 1.165) is 11.1 Å². The molecule has 2 nitrogen and oxygen atoms in total. The molecule has 1 fully saturated rings. The van der Waals surface area contributed by atoms with Crippen LogP contribution in [0.15, 0.2) is 48.5 Å². The number of rotatable bonds is 3. The summed E-state index contributed by atoms with van der Waals surface area (Å²) in [5, 5.41) is 0.574. The van der Waals surface area contributed by atoms with Crippen molar-refractivity contribution in [3.63, 3.8) is 0 Å². The number of carbonyl (C=O) groups is 1. The molecule has 1 unspecified atom stereocenters. The minimum atomic E-state index is -0.275. The normalized spacial score (nSPS) is 18.3. The summed E-state index contributed by atoms with van der Waals surface area (Å²) in [5.41, 5.74) is 1.85. The summed E-state index contributed by atoms with van der Waals surface area (Å²) in [7, 11) is 0. The van der Waals surface area contributed by atoms with Crippen molar-refractivity contribution in [3.8, 4) is 0 Å². The van der Waals surface area contributed by atoms with Crippen LogP contribution in [0.1, 0.15) is 16.5 Å². The second-order valence-electron chi connectivity index (χ2n) is 4.83. The molecule has 0 radical (unpaired) electrons. The first-order chi connectivity index (χ1) is 10.1. The standard InChI is InChI=1S/C16H13ClFNOS/c17-14-4-2-1-3-13(14)16-19(15(20)10-21-16)9-11-5-7-12(18)8-6-11/h1-8,16H,9-10H2. The lowest BCUT2D eigenvalue weighted by atomic mass is 10.1. The van der Waals surface area contributed by atoms with Gasteiger partial charge in [0.1, 0.15) is 11.2 Å². The Balaban J connectivity index is 1.86. The average molecular weight is 322 g/mol. The molecule has 2 aromatic rings. The van der Waals surface area contributed by atoms with Gasteiger partial charge in [0.2, 0.25) is 5.91 Å². The molecule has 0 spiro atoms. The molecule has 1 atom stereocenters. The highest BCUT2D eigenvalue weighted by molar-refractivity contribution is 8.00. The van der Waals surface area contributed by atoms with Crippen LogP contribution in [0, 0.1) is 5.82 Å². The fourth-order valence-corrected chi connectivity index (χ4v) is 3.87. The van der Waals surface area contributed by atoms with Gasteiger partial charge in [-0.2, -0.15) is 0 Å². The van der Waals surface area contributed by atoms with Crippen LogP contribution < -0.4 is 0 Å². The van der Waals surface area contributed by atoms with E-state index in [2.05, 4.69) is 0 Å². The van der Waals surface area contributed by atoms with Gasteiger partial charge in [0.15, 0.2) is 0 Å². The molecule has 0 N–H and O–H groups in total. The summed E-state index contributed by atoms with van der Waals surface area (Å²) >= 11 is 7.81. The minimum absolute atomic E-state index is 0.0780. The van der Waals surface area contributed by atoms with Gasteiger partial charge < -0.3 is 4.90 Å². The highest BCUT2D eigenvalue weighted by Gasteiger charge is 2.33. The third-order valence-corrected chi connectivity index (χ3v) is 4.99. The number of hydrogen-bond donors (Lipinski definition) is 0. The van der Waals surface area contributed by atoms with Gasteiger partial charge in [-0.15, -0.1) is 11.8 Å². The van der Waals surface area contributed by atoms with Crippen molar-refractivity contribution < 1.29 is 9.18 Å². The van der Waals surface area contributed by atoms with Gasteiger partial charge in [-0.3, -0.25) is 4.79 Å². The number of carbonyl (C=O) groups excluding carboxylic acids is 1. The number of benzene rings is 2. The van der Waals surface area contributed by atoms with E-state index in [0.29, 0.717) is 17.3 Å². The summed E-state index contributed by atoms with van der Waals surface area (Å²) in [6, 6.07) is 13.8. The number of hydrogen-bond acceptors (Lipinski definition) is 2. The van der Waals surface area contributed by atoms with Crippen LogP contribution in [-0.4, -0.2) is 16.6 Å². The Bertz CT molecular complexity index is 662. The Hall–Kier alpha value is -1.52. The highest BCUT2D eigenvalue weighted by Crippen LogP contribution is 2.42. The first-order valence-corrected chi connectivity index (χ1v) is 7.98. The zero-order chi connectivity index (χ0) is 14.8. The van der Waals surface area contributed by atoms with Crippen molar-refractivity contribution in [3.05, 3.63) is 70.5 Å². The van der Waals surface area contributed by atoms with Gasteiger partial charge in [0, 0.05) is 17.1 Å². The molecule has 1 amide bonds. The van der Waals surface area contributed by atoms with Crippen molar-refractivity contribution in [2.24, 2.45) is 0 Å². The lowest BCUT2D eigenvalue weighted by Crippen LogP contribution is -2.27. The second kappa shape index (κ2) is 6.08. The maximum atomic E-state index is 13.0. The fourth-order valence-electron chi connectivity index (χ4n) is 2.34. The van der Waals surface area contributed by atoms with Gasteiger partial charge in [-0.05, 0) is 23.8 Å². The Morgan fingerprint density at radius 1 is 1.19 bits per heavy atom. The molecule has 3 rings (SSSR count). The summed E-state index contributed by atoms with van der Waals surface area (Å²) in [6.45, 7) is 0.460. The largest absolute Gasteiger partial charge is 0.321 e. The summed E-state index contributed by atoms with van der Waals surface area (Å²) in [6.07, 6.45) is 0. The van der Waals surface area contributed by atoms with E-state index in [9.17, 15) is 9.18 Å². The smallest absolute Gasteiger partial charge is 0.234 e. The topological polar surface area (TPSA) is 20.3 Å². The SMILES string of the molecule is O=C1CSC(c2ccccc2Cl)N1Cc1ccc(F)cc1. The maximum absolute atomic E-state index is 13.0. The van der Waals surface area contributed by atoms with Crippen molar-refractivity contribution in [2.75, 3.05) is 5.75 Å². The van der Waals surface area contributed by atoms with E-state index in [1.807, 2.05) is 24.3 Å². The molecule has 0 aliphatic carbocycles. The van der Waals surface area contributed by atoms with Crippen LogP contribution >= 0.6 is 23.4 Å². The molecule has 1 saturated heterocycles. The molecule has 0 aromatic heterocycles. The molecule has 1 heterocycles. The fraction of sp³-hybridized carbons (Fsp3) is 0.188. The summed E-state index contributed by atoms with van der Waals surface area (Å²) in [5.74, 6) is 0.245. The maximum Gasteiger partial charge on any atom is 0.234 e. The Kier molecular flexibility index (Phi) is 4.17. The Morgan fingerprint density at radius 3 is 2.62 bits per heavy atom. The van der Waals surface area contributed by atoms with E-state index in [1.54, 1.807) is 28.8 Å². The molecule has 1 aliphatic rings. The van der Waals surface area contributed by atoms with Crippen LogP contribution in [0.5, 0.6) is 0 Å². The van der Waals surface area contributed by atoms with Gasteiger partial charge in [-0.25, -0.2) is 4.39 Å². The zero-order valence-electron chi connectivity index (χ0n) is 11.1. The molecule has 0 saturated carbocycles. The lowest BCUT2D eigenvalue weighted by molar-refractivity contribution is -0.128. The van der Waals surface area contributed by atoms with E-state index in [4.69, 9.17) is 11.6 Å². The molecule has 2 aromatic carbocycles. The Labute approximate surface area is 131 Å². The van der Waals surface area contributed by atoms with Gasteiger partial charge in [-0.1, -0.05) is 41.9 Å². The molecule has 0 bridgehead atoms. The lowest BCUT2D eigenvalue weighted by Gasteiger charge is -2.25.